The fourth-order valence-corrected chi connectivity index (χ4v) is 1.60. The summed E-state index contributed by atoms with van der Waals surface area (Å²) < 4.78 is 1.57. The minimum atomic E-state index is -0.973. The summed E-state index contributed by atoms with van der Waals surface area (Å²) >= 11 is 0. The Hall–Kier alpha value is -2.30. The molecular formula is C12H12N2O3. The summed E-state index contributed by atoms with van der Waals surface area (Å²) in [6.07, 6.45) is 1.50. The van der Waals surface area contributed by atoms with E-state index in [0.717, 1.165) is 5.56 Å². The second kappa shape index (κ2) is 4.29. The van der Waals surface area contributed by atoms with Gasteiger partial charge in [0.05, 0.1) is 12.2 Å². The van der Waals surface area contributed by atoms with Gasteiger partial charge in [-0.05, 0) is 24.6 Å². The minimum absolute atomic E-state index is 0.205. The monoisotopic (exact) mass is 232 g/mol. The quantitative estimate of drug-likeness (QED) is 0.843. The first-order valence-electron chi connectivity index (χ1n) is 5.11. The second-order valence-corrected chi connectivity index (χ2v) is 3.80. The van der Waals surface area contributed by atoms with E-state index in [1.165, 1.54) is 6.20 Å². The maximum atomic E-state index is 10.8. The van der Waals surface area contributed by atoms with Crippen LogP contribution in [0.25, 0.3) is 0 Å². The van der Waals surface area contributed by atoms with Crippen molar-refractivity contribution in [1.82, 2.24) is 9.78 Å². The topological polar surface area (TPSA) is 75.3 Å². The molecule has 0 saturated carbocycles. The van der Waals surface area contributed by atoms with E-state index in [1.54, 1.807) is 35.9 Å². The molecule has 5 nitrogen and oxygen atoms in total. The molecule has 1 heterocycles. The Morgan fingerprint density at radius 1 is 1.35 bits per heavy atom. The van der Waals surface area contributed by atoms with Crippen LogP contribution in [0.1, 0.15) is 21.6 Å². The Morgan fingerprint density at radius 3 is 2.53 bits per heavy atom. The van der Waals surface area contributed by atoms with Crippen LogP contribution in [0.5, 0.6) is 5.75 Å². The van der Waals surface area contributed by atoms with Crippen molar-refractivity contribution in [3.8, 4) is 5.75 Å². The number of carboxylic acid groups (broad SMARTS) is 1. The molecule has 0 aliphatic heterocycles. The molecule has 2 aromatic rings. The minimum Gasteiger partial charge on any atom is -0.508 e. The van der Waals surface area contributed by atoms with Gasteiger partial charge in [-0.3, -0.25) is 4.68 Å². The van der Waals surface area contributed by atoms with Crippen LogP contribution in [-0.2, 0) is 6.54 Å². The molecule has 1 aromatic carbocycles. The van der Waals surface area contributed by atoms with Gasteiger partial charge in [-0.15, -0.1) is 0 Å². The predicted octanol–water partition coefficient (Wildman–Crippen LogP) is 1.64. The summed E-state index contributed by atoms with van der Waals surface area (Å²) in [6, 6.07) is 6.72. The van der Waals surface area contributed by atoms with Crippen molar-refractivity contribution in [2.75, 3.05) is 0 Å². The van der Waals surface area contributed by atoms with Crippen LogP contribution in [0.2, 0.25) is 0 Å². The first kappa shape index (κ1) is 11.2. The molecule has 0 aliphatic rings. The number of aromatic hydroxyl groups is 1. The molecule has 0 unspecified atom stereocenters. The fourth-order valence-electron chi connectivity index (χ4n) is 1.60. The molecule has 5 heteroatoms. The van der Waals surface area contributed by atoms with Gasteiger partial charge in [0.2, 0.25) is 0 Å². The summed E-state index contributed by atoms with van der Waals surface area (Å²) in [5, 5.41) is 22.2. The number of benzene rings is 1. The third-order valence-electron chi connectivity index (χ3n) is 2.46. The molecule has 0 aliphatic carbocycles. The highest BCUT2D eigenvalue weighted by Crippen LogP contribution is 2.12. The van der Waals surface area contributed by atoms with Gasteiger partial charge in [0.25, 0.3) is 0 Å². The maximum Gasteiger partial charge on any atom is 0.339 e. The summed E-state index contributed by atoms with van der Waals surface area (Å²) in [7, 11) is 0. The molecule has 17 heavy (non-hydrogen) atoms. The van der Waals surface area contributed by atoms with Crippen molar-refractivity contribution in [3.05, 3.63) is 47.3 Å². The lowest BCUT2D eigenvalue weighted by molar-refractivity contribution is 0.0696. The van der Waals surface area contributed by atoms with Gasteiger partial charge in [0, 0.05) is 6.20 Å². The number of rotatable bonds is 3. The molecule has 0 amide bonds. The van der Waals surface area contributed by atoms with Crippen LogP contribution in [0.15, 0.2) is 30.5 Å². The molecule has 0 bridgehead atoms. The van der Waals surface area contributed by atoms with Gasteiger partial charge >= 0.3 is 5.97 Å². The normalized spacial score (nSPS) is 10.4. The smallest absolute Gasteiger partial charge is 0.339 e. The molecule has 0 atom stereocenters. The zero-order valence-electron chi connectivity index (χ0n) is 9.29. The Balaban J connectivity index is 2.22. The molecule has 0 fully saturated rings. The third kappa shape index (κ3) is 2.44. The SMILES string of the molecule is Cc1nn(Cc2ccc(O)cc2)cc1C(=O)O. The van der Waals surface area contributed by atoms with E-state index in [0.29, 0.717) is 12.2 Å². The van der Waals surface area contributed by atoms with E-state index in [1.807, 2.05) is 0 Å². The lowest BCUT2D eigenvalue weighted by Gasteiger charge is -2.01. The molecule has 88 valence electrons. The Labute approximate surface area is 97.9 Å². The van der Waals surface area contributed by atoms with Crippen molar-refractivity contribution in [2.24, 2.45) is 0 Å². The molecule has 0 radical (unpaired) electrons. The number of hydrogen-bond donors (Lipinski definition) is 2. The van der Waals surface area contributed by atoms with E-state index in [4.69, 9.17) is 10.2 Å². The van der Waals surface area contributed by atoms with Crippen LogP contribution in [0, 0.1) is 6.92 Å². The van der Waals surface area contributed by atoms with Gasteiger partial charge in [-0.2, -0.15) is 5.10 Å². The second-order valence-electron chi connectivity index (χ2n) is 3.80. The van der Waals surface area contributed by atoms with Gasteiger partial charge in [0.1, 0.15) is 11.3 Å². The summed E-state index contributed by atoms with van der Waals surface area (Å²) in [5.74, 6) is -0.768. The zero-order valence-corrected chi connectivity index (χ0v) is 9.29. The highest BCUT2D eigenvalue weighted by Gasteiger charge is 2.11. The van der Waals surface area contributed by atoms with E-state index in [9.17, 15) is 4.79 Å². The number of nitrogens with zero attached hydrogens (tertiary/aromatic N) is 2. The molecule has 2 N–H and O–H groups in total. The van der Waals surface area contributed by atoms with Crippen LogP contribution in [-0.4, -0.2) is 26.0 Å². The van der Waals surface area contributed by atoms with E-state index >= 15 is 0 Å². The lowest BCUT2D eigenvalue weighted by atomic mass is 10.2. The first-order valence-corrected chi connectivity index (χ1v) is 5.11. The Kier molecular flexibility index (Phi) is 2.82. The van der Waals surface area contributed by atoms with Crippen molar-refractivity contribution >= 4 is 5.97 Å². The molecular weight excluding hydrogens is 220 g/mol. The number of aromatic carboxylic acids is 1. The van der Waals surface area contributed by atoms with Crippen LogP contribution in [0.3, 0.4) is 0 Å². The van der Waals surface area contributed by atoms with Crippen molar-refractivity contribution in [1.29, 1.82) is 0 Å². The highest BCUT2D eigenvalue weighted by molar-refractivity contribution is 5.88. The van der Waals surface area contributed by atoms with Crippen LogP contribution < -0.4 is 0 Å². The number of phenolic OH excluding ortho intramolecular Hbond substituents is 1. The summed E-state index contributed by atoms with van der Waals surface area (Å²) in [5.41, 5.74) is 1.65. The number of aryl methyl sites for hydroxylation is 1. The van der Waals surface area contributed by atoms with Gasteiger partial charge in [-0.1, -0.05) is 12.1 Å². The van der Waals surface area contributed by atoms with E-state index < -0.39 is 5.97 Å². The highest BCUT2D eigenvalue weighted by atomic mass is 16.4. The largest absolute Gasteiger partial charge is 0.508 e. The van der Waals surface area contributed by atoms with E-state index in [-0.39, 0.29) is 11.3 Å². The number of carbonyl (C=O) groups is 1. The molecule has 0 saturated heterocycles. The number of phenols is 1. The average Bonchev–Trinajstić information content (AvgIpc) is 2.63. The number of aromatic nitrogens is 2. The maximum absolute atomic E-state index is 10.8. The van der Waals surface area contributed by atoms with Crippen molar-refractivity contribution in [3.63, 3.8) is 0 Å². The fraction of sp³-hybridized carbons (Fsp3) is 0.167. The van der Waals surface area contributed by atoms with Crippen molar-refractivity contribution in [2.45, 2.75) is 13.5 Å². The van der Waals surface area contributed by atoms with Crippen molar-refractivity contribution < 1.29 is 15.0 Å². The lowest BCUT2D eigenvalue weighted by Crippen LogP contribution is -2.00. The van der Waals surface area contributed by atoms with Gasteiger partial charge in [0.15, 0.2) is 0 Å². The van der Waals surface area contributed by atoms with Crippen LogP contribution >= 0.6 is 0 Å². The number of carboxylic acids is 1. The number of hydrogen-bond acceptors (Lipinski definition) is 3. The zero-order chi connectivity index (χ0) is 12.4. The first-order chi connectivity index (χ1) is 8.06. The van der Waals surface area contributed by atoms with Gasteiger partial charge < -0.3 is 10.2 Å². The molecule has 0 spiro atoms. The predicted molar refractivity (Wildman–Crippen MR) is 61.1 cm³/mol. The third-order valence-corrected chi connectivity index (χ3v) is 2.46. The van der Waals surface area contributed by atoms with E-state index in [2.05, 4.69) is 5.10 Å². The molecule has 1 aromatic heterocycles. The van der Waals surface area contributed by atoms with Gasteiger partial charge in [-0.25, -0.2) is 4.79 Å². The Bertz CT molecular complexity index is 543. The Morgan fingerprint density at radius 2 is 2.00 bits per heavy atom. The summed E-state index contributed by atoms with van der Waals surface area (Å²) in [6.45, 7) is 2.14. The van der Waals surface area contributed by atoms with Crippen LogP contribution in [0.4, 0.5) is 0 Å². The standard InChI is InChI=1S/C12H12N2O3/c1-8-11(12(16)17)7-14(13-8)6-9-2-4-10(15)5-3-9/h2-5,7,15H,6H2,1H3,(H,16,17). The average molecular weight is 232 g/mol. The molecule has 2 rings (SSSR count). The summed E-state index contributed by atoms with van der Waals surface area (Å²) in [4.78, 5) is 10.8.